The largest absolute Gasteiger partial charge is 0.444 e. The van der Waals surface area contributed by atoms with E-state index in [1.807, 2.05) is 19.0 Å². The Morgan fingerprint density at radius 3 is 2.50 bits per heavy atom. The van der Waals surface area contributed by atoms with Crippen LogP contribution in [0.5, 0.6) is 0 Å². The molecule has 1 N–H and O–H groups in total. The summed E-state index contributed by atoms with van der Waals surface area (Å²) in [5.74, 6) is -0.348. The molecule has 2 rings (SSSR count). The molecular weight excluding hydrogens is 351 g/mol. The number of furan rings is 1. The minimum Gasteiger partial charge on any atom is -0.444 e. The topological polar surface area (TPSA) is 45.5 Å². The van der Waals surface area contributed by atoms with E-state index in [1.54, 1.807) is 24.3 Å². The highest BCUT2D eigenvalue weighted by atomic mass is 79.9. The second kappa shape index (κ2) is 7.56. The molecule has 6 heteroatoms. The lowest BCUT2D eigenvalue weighted by Crippen LogP contribution is -2.30. The Bertz CT molecular complexity index is 625. The van der Waals surface area contributed by atoms with Gasteiger partial charge in [0.25, 0.3) is 5.91 Å². The van der Waals surface area contributed by atoms with Crippen molar-refractivity contribution in [2.45, 2.75) is 12.5 Å². The second-order valence-electron chi connectivity index (χ2n) is 5.27. The monoisotopic (exact) mass is 368 g/mol. The first-order chi connectivity index (χ1) is 10.5. The average molecular weight is 369 g/mol. The smallest absolute Gasteiger partial charge is 0.287 e. The minimum absolute atomic E-state index is 0.209. The van der Waals surface area contributed by atoms with Gasteiger partial charge in [-0.2, -0.15) is 0 Å². The fraction of sp³-hybridized carbons (Fsp3) is 0.312. The molecule has 1 atom stereocenters. The highest BCUT2D eigenvalue weighted by molar-refractivity contribution is 9.10. The van der Waals surface area contributed by atoms with Gasteiger partial charge >= 0.3 is 0 Å². The van der Waals surface area contributed by atoms with Gasteiger partial charge in [-0.25, -0.2) is 4.39 Å². The number of hydrogen-bond donors (Lipinski definition) is 1. The molecule has 1 amide bonds. The number of rotatable bonds is 6. The van der Waals surface area contributed by atoms with Crippen LogP contribution in [0.2, 0.25) is 0 Å². The molecule has 0 radical (unpaired) electrons. The summed E-state index contributed by atoms with van der Waals surface area (Å²) in [6.07, 6.45) is 0.715. The van der Waals surface area contributed by atoms with Crippen molar-refractivity contribution in [3.8, 4) is 0 Å². The number of benzene rings is 1. The normalized spacial score (nSPS) is 12.4. The summed E-state index contributed by atoms with van der Waals surface area (Å²) in [6, 6.07) is 9.23. The zero-order chi connectivity index (χ0) is 16.1. The first-order valence-electron chi connectivity index (χ1n) is 6.92. The highest BCUT2D eigenvalue weighted by Gasteiger charge is 2.18. The van der Waals surface area contributed by atoms with Crippen LogP contribution >= 0.6 is 15.9 Å². The van der Waals surface area contributed by atoms with Gasteiger partial charge in [-0.1, -0.05) is 12.1 Å². The van der Waals surface area contributed by atoms with Crippen LogP contribution in [0.4, 0.5) is 4.39 Å². The number of carbonyl (C=O) groups excluding carboxylic acids is 1. The Kier molecular flexibility index (Phi) is 5.74. The second-order valence-corrected chi connectivity index (χ2v) is 6.05. The van der Waals surface area contributed by atoms with Crippen molar-refractivity contribution in [3.05, 3.63) is 58.2 Å². The molecule has 0 aliphatic carbocycles. The molecule has 22 heavy (non-hydrogen) atoms. The molecule has 0 spiro atoms. The lowest BCUT2D eigenvalue weighted by atomic mass is 10.0. The molecule has 0 fully saturated rings. The van der Waals surface area contributed by atoms with Gasteiger partial charge in [0.1, 0.15) is 5.82 Å². The molecule has 1 aromatic heterocycles. The Morgan fingerprint density at radius 2 is 1.95 bits per heavy atom. The van der Waals surface area contributed by atoms with E-state index in [4.69, 9.17) is 4.42 Å². The van der Waals surface area contributed by atoms with Gasteiger partial charge in [-0.15, -0.1) is 0 Å². The number of amides is 1. The molecule has 2 aromatic rings. The van der Waals surface area contributed by atoms with Gasteiger partial charge in [-0.05, 0) is 72.8 Å². The molecule has 0 aliphatic rings. The Labute approximate surface area is 137 Å². The van der Waals surface area contributed by atoms with Crippen molar-refractivity contribution in [2.24, 2.45) is 0 Å². The molecule has 118 valence electrons. The van der Waals surface area contributed by atoms with E-state index in [2.05, 4.69) is 21.2 Å². The number of nitrogens with one attached hydrogen (secondary N) is 1. The lowest BCUT2D eigenvalue weighted by molar-refractivity contribution is 0.0903. The van der Waals surface area contributed by atoms with Crippen LogP contribution < -0.4 is 5.32 Å². The third-order valence-electron chi connectivity index (χ3n) is 3.24. The summed E-state index contributed by atoms with van der Waals surface area (Å²) in [7, 11) is 3.93. The molecule has 1 heterocycles. The number of halogens is 2. The summed E-state index contributed by atoms with van der Waals surface area (Å²) in [4.78, 5) is 14.3. The van der Waals surface area contributed by atoms with Gasteiger partial charge in [-0.3, -0.25) is 4.79 Å². The van der Waals surface area contributed by atoms with Crippen LogP contribution in [0, 0.1) is 5.82 Å². The standard InChI is InChI=1S/C16H18BrFN2O2/c1-20(2)10-9-13(11-3-5-12(18)6-4-11)19-16(21)14-7-8-15(17)22-14/h3-8,13H,9-10H2,1-2H3,(H,19,21). The van der Waals surface area contributed by atoms with Gasteiger partial charge in [0.05, 0.1) is 6.04 Å². The molecule has 4 nitrogen and oxygen atoms in total. The van der Waals surface area contributed by atoms with Crippen LogP contribution in [-0.2, 0) is 0 Å². The molecule has 1 unspecified atom stereocenters. The van der Waals surface area contributed by atoms with Gasteiger partial charge in [0, 0.05) is 0 Å². The van der Waals surface area contributed by atoms with Crippen molar-refractivity contribution in [1.29, 1.82) is 0 Å². The molecule has 1 aromatic carbocycles. The minimum atomic E-state index is -0.295. The maximum Gasteiger partial charge on any atom is 0.287 e. The van der Waals surface area contributed by atoms with E-state index in [0.717, 1.165) is 12.1 Å². The summed E-state index contributed by atoms with van der Waals surface area (Å²) >= 11 is 3.17. The summed E-state index contributed by atoms with van der Waals surface area (Å²) < 4.78 is 18.8. The molecule has 0 aliphatic heterocycles. The van der Waals surface area contributed by atoms with Crippen LogP contribution in [0.1, 0.15) is 28.6 Å². The van der Waals surface area contributed by atoms with Crippen molar-refractivity contribution >= 4 is 21.8 Å². The maximum atomic E-state index is 13.1. The first-order valence-corrected chi connectivity index (χ1v) is 7.71. The van der Waals surface area contributed by atoms with Crippen molar-refractivity contribution in [2.75, 3.05) is 20.6 Å². The van der Waals surface area contributed by atoms with E-state index >= 15 is 0 Å². The fourth-order valence-electron chi connectivity index (χ4n) is 2.07. The predicted octanol–water partition coefficient (Wildman–Crippen LogP) is 3.60. The van der Waals surface area contributed by atoms with Crippen LogP contribution in [0.15, 0.2) is 45.5 Å². The first kappa shape index (κ1) is 16.7. The zero-order valence-corrected chi connectivity index (χ0v) is 14.1. The summed E-state index contributed by atoms with van der Waals surface area (Å²) in [5, 5.41) is 2.94. The van der Waals surface area contributed by atoms with Crippen LogP contribution in [0.25, 0.3) is 0 Å². The molecule has 0 saturated carbocycles. The third kappa shape index (κ3) is 4.68. The van der Waals surface area contributed by atoms with Gasteiger partial charge in [0.2, 0.25) is 0 Å². The number of carbonyl (C=O) groups is 1. The SMILES string of the molecule is CN(C)CCC(NC(=O)c1ccc(Br)o1)c1ccc(F)cc1. The number of hydrogen-bond acceptors (Lipinski definition) is 3. The average Bonchev–Trinajstić information content (AvgIpc) is 2.91. The maximum absolute atomic E-state index is 13.1. The highest BCUT2D eigenvalue weighted by Crippen LogP contribution is 2.20. The summed E-state index contributed by atoms with van der Waals surface area (Å²) in [6.45, 7) is 0.796. The van der Waals surface area contributed by atoms with E-state index in [0.29, 0.717) is 11.1 Å². The lowest BCUT2D eigenvalue weighted by Gasteiger charge is -2.20. The van der Waals surface area contributed by atoms with Gasteiger partial charge < -0.3 is 14.6 Å². The van der Waals surface area contributed by atoms with Gasteiger partial charge in [0.15, 0.2) is 10.4 Å². The third-order valence-corrected chi connectivity index (χ3v) is 3.67. The molecular formula is C16H18BrFN2O2. The fourth-order valence-corrected chi connectivity index (χ4v) is 2.38. The van der Waals surface area contributed by atoms with E-state index in [9.17, 15) is 9.18 Å². The predicted molar refractivity (Wildman–Crippen MR) is 86.2 cm³/mol. The van der Waals surface area contributed by atoms with E-state index in [1.165, 1.54) is 12.1 Å². The van der Waals surface area contributed by atoms with Crippen LogP contribution in [-0.4, -0.2) is 31.4 Å². The van der Waals surface area contributed by atoms with Crippen molar-refractivity contribution in [3.63, 3.8) is 0 Å². The number of nitrogens with zero attached hydrogens (tertiary/aromatic N) is 1. The molecule has 0 bridgehead atoms. The van der Waals surface area contributed by atoms with E-state index < -0.39 is 0 Å². The van der Waals surface area contributed by atoms with Crippen molar-refractivity contribution in [1.82, 2.24) is 10.2 Å². The van der Waals surface area contributed by atoms with E-state index in [-0.39, 0.29) is 23.5 Å². The quantitative estimate of drug-likeness (QED) is 0.846. The zero-order valence-electron chi connectivity index (χ0n) is 12.5. The van der Waals surface area contributed by atoms with Crippen LogP contribution in [0.3, 0.4) is 0 Å². The Hall–Kier alpha value is -1.66. The van der Waals surface area contributed by atoms with Crippen molar-refractivity contribution < 1.29 is 13.6 Å². The summed E-state index contributed by atoms with van der Waals surface area (Å²) in [5.41, 5.74) is 0.863. The Balaban J connectivity index is 2.13. The Morgan fingerprint density at radius 1 is 1.27 bits per heavy atom. The molecule has 0 saturated heterocycles.